The number of carbonyl (C=O) groups is 2. The number of esters is 1. The van der Waals surface area contributed by atoms with Gasteiger partial charge in [0, 0.05) is 45.5 Å². The number of amides is 1. The highest BCUT2D eigenvalue weighted by atomic mass is 16.5. The molecule has 0 radical (unpaired) electrons. The lowest BCUT2D eigenvalue weighted by molar-refractivity contribution is -0.139. The Morgan fingerprint density at radius 1 is 0.917 bits per heavy atom. The van der Waals surface area contributed by atoms with E-state index >= 15 is 0 Å². The van der Waals surface area contributed by atoms with Gasteiger partial charge in [0.15, 0.2) is 5.60 Å². The summed E-state index contributed by atoms with van der Waals surface area (Å²) >= 11 is 0. The Kier molecular flexibility index (Phi) is 10.6. The molecule has 2 aliphatic heterocycles. The molecule has 5 aromatic carbocycles. The number of rotatable bonds is 11. The summed E-state index contributed by atoms with van der Waals surface area (Å²) in [5.74, 6) is 2.25. The number of methoxy groups -OCH3 is 3. The number of nitrogens with two attached hydrogens (primary N) is 1. The molecule has 8 rings (SSSR count). The van der Waals surface area contributed by atoms with Gasteiger partial charge in [-0.15, -0.1) is 0 Å². The number of ether oxygens (including phenoxy) is 6. The van der Waals surface area contributed by atoms with Crippen molar-refractivity contribution < 1.29 is 38.0 Å². The van der Waals surface area contributed by atoms with Crippen molar-refractivity contribution in [1.82, 2.24) is 0 Å². The van der Waals surface area contributed by atoms with Gasteiger partial charge in [-0.3, -0.25) is 0 Å². The molecule has 60 heavy (non-hydrogen) atoms. The molecule has 3 aliphatic rings. The van der Waals surface area contributed by atoms with Crippen LogP contribution < -0.4 is 29.6 Å². The Balaban J connectivity index is 1.36. The number of piperidine rings is 1. The van der Waals surface area contributed by atoms with E-state index in [0.717, 1.165) is 80.1 Å². The van der Waals surface area contributed by atoms with Gasteiger partial charge in [0.25, 0.3) is 0 Å². The van der Waals surface area contributed by atoms with E-state index in [0.29, 0.717) is 24.3 Å². The predicted octanol–water partition coefficient (Wildman–Crippen LogP) is 10.2. The summed E-state index contributed by atoms with van der Waals surface area (Å²) in [5.41, 5.74) is 13.5. The smallest absolute Gasteiger partial charge is 0.409 e. The van der Waals surface area contributed by atoms with Crippen LogP contribution in [0, 0.1) is 5.92 Å². The molecule has 1 unspecified atom stereocenters. The minimum absolute atomic E-state index is 0.117. The van der Waals surface area contributed by atoms with E-state index in [1.807, 2.05) is 48.5 Å². The monoisotopic (exact) mass is 806 g/mol. The van der Waals surface area contributed by atoms with Gasteiger partial charge >= 0.3 is 12.1 Å². The summed E-state index contributed by atoms with van der Waals surface area (Å²) in [5, 5.41) is 1.87. The number of fused-ring (bicyclic) bond motifs is 8. The predicted molar refractivity (Wildman–Crippen MR) is 234 cm³/mol. The number of hydrogen-bond donors (Lipinski definition) is 1. The van der Waals surface area contributed by atoms with Crippen LogP contribution in [-0.4, -0.2) is 46.5 Å². The number of carbonyl (C=O) groups excluding carboxylic acids is 2. The van der Waals surface area contributed by atoms with Crippen LogP contribution in [-0.2, 0) is 25.3 Å². The van der Waals surface area contributed by atoms with E-state index in [-0.39, 0.29) is 17.9 Å². The second-order valence-electron chi connectivity index (χ2n) is 16.0. The van der Waals surface area contributed by atoms with Crippen LogP contribution in [0.25, 0.3) is 28.0 Å². The Morgan fingerprint density at radius 3 is 2.20 bits per heavy atom. The fourth-order valence-electron chi connectivity index (χ4n) is 9.23. The molecule has 10 nitrogen and oxygen atoms in total. The van der Waals surface area contributed by atoms with Gasteiger partial charge in [0.1, 0.15) is 29.3 Å². The van der Waals surface area contributed by atoms with Gasteiger partial charge in [-0.05, 0) is 96.3 Å². The van der Waals surface area contributed by atoms with E-state index in [1.165, 1.54) is 17.4 Å². The molecular weight excluding hydrogens is 757 g/mol. The maximum Gasteiger partial charge on any atom is 0.409 e. The quantitative estimate of drug-likeness (QED) is 0.0790. The maximum atomic E-state index is 12.3. The molecule has 10 heteroatoms. The summed E-state index contributed by atoms with van der Waals surface area (Å²) in [7, 11) is 4.97. The van der Waals surface area contributed by atoms with Crippen LogP contribution in [0.5, 0.6) is 23.0 Å². The van der Waals surface area contributed by atoms with Crippen LogP contribution in [0.1, 0.15) is 67.9 Å². The topological polar surface area (TPSA) is 119 Å². The molecule has 1 amide bonds. The van der Waals surface area contributed by atoms with Crippen molar-refractivity contribution in [3.05, 3.63) is 143 Å². The van der Waals surface area contributed by atoms with Crippen LogP contribution in [0.3, 0.4) is 0 Å². The minimum atomic E-state index is -1.02. The Morgan fingerprint density at radius 2 is 1.58 bits per heavy atom. The van der Waals surface area contributed by atoms with E-state index in [2.05, 4.69) is 73.9 Å². The minimum Gasteiger partial charge on any atom is -0.497 e. The maximum absolute atomic E-state index is 12.3. The number of hydrogen-bond acceptors (Lipinski definition) is 9. The lowest BCUT2D eigenvalue weighted by Gasteiger charge is -2.39. The molecule has 2 heterocycles. The van der Waals surface area contributed by atoms with Crippen molar-refractivity contribution in [2.24, 2.45) is 11.7 Å². The summed E-state index contributed by atoms with van der Waals surface area (Å²) in [6.45, 7) is 10.7. The number of nitrogens with zero attached hydrogens (tertiary/aromatic N) is 1. The molecule has 1 atom stereocenters. The molecular formula is C50H50N2O8. The highest BCUT2D eigenvalue weighted by Gasteiger charge is 2.45. The van der Waals surface area contributed by atoms with Gasteiger partial charge < -0.3 is 39.1 Å². The third-order valence-electron chi connectivity index (χ3n) is 12.2. The number of benzene rings is 5. The third kappa shape index (κ3) is 6.79. The van der Waals surface area contributed by atoms with E-state index in [9.17, 15) is 9.59 Å². The van der Waals surface area contributed by atoms with E-state index in [4.69, 9.17) is 34.2 Å². The Bertz CT molecular complexity index is 2520. The largest absolute Gasteiger partial charge is 0.497 e. The van der Waals surface area contributed by atoms with Gasteiger partial charge in [-0.2, -0.15) is 0 Å². The van der Waals surface area contributed by atoms with Crippen molar-refractivity contribution in [2.45, 2.75) is 51.0 Å². The molecule has 0 spiro atoms. The molecule has 0 aromatic heterocycles. The first-order valence-electron chi connectivity index (χ1n) is 20.2. The summed E-state index contributed by atoms with van der Waals surface area (Å²) in [6.07, 6.45) is 7.00. The normalized spacial score (nSPS) is 17.5. The number of allylic oxidation sites excluding steroid dienone is 1. The van der Waals surface area contributed by atoms with Gasteiger partial charge in [-0.25, -0.2) is 9.59 Å². The average Bonchev–Trinajstić information content (AvgIpc) is 3.51. The summed E-state index contributed by atoms with van der Waals surface area (Å²) in [6, 6.07) is 28.8. The third-order valence-corrected chi connectivity index (χ3v) is 12.2. The fraction of sp³-hybridized carbons (Fsp3) is 0.280. The Labute approximate surface area is 350 Å². The highest BCUT2D eigenvalue weighted by molar-refractivity contribution is 6.10. The molecule has 1 aliphatic carbocycles. The molecule has 2 N–H and O–H groups in total. The van der Waals surface area contributed by atoms with Crippen LogP contribution in [0.2, 0.25) is 0 Å². The van der Waals surface area contributed by atoms with E-state index in [1.54, 1.807) is 28.3 Å². The van der Waals surface area contributed by atoms with Crippen molar-refractivity contribution in [3.8, 4) is 34.1 Å². The standard InChI is InChI=1S/C50H50N2O8/c1-30(2)47(53)58-26-23-31-11-10-25-52(42(31)29-59-48(51)54)41-27-38-39(28-43(41)57-7)46-37(45-44(38)36-12-8-9-13-40(36)49(45,3)4)22-24-50(60-46,32-14-18-34(55-5)19-15-32)33-16-20-35(56-6)21-17-33/h8-9,12-22,24,27-29,31H,1,10-11,23,25-26H2,2-7H3,(H2,51,54). The molecule has 0 bridgehead atoms. The SMILES string of the molecule is C=C(C)C(=O)OCCC1CCCN(c2cc3c4c(c5c(c3cc2OC)OC(c2ccc(OC)cc2)(c2ccc(OC)cc2)C=C5)C(C)(C)c2ccccc2-4)C1=COC(N)=O. The first-order valence-corrected chi connectivity index (χ1v) is 20.2. The van der Waals surface area contributed by atoms with Crippen LogP contribution in [0.15, 0.2) is 115 Å². The highest BCUT2D eigenvalue weighted by Crippen LogP contribution is 2.59. The molecule has 5 aromatic rings. The van der Waals surface area contributed by atoms with Gasteiger partial charge in [0.05, 0.1) is 39.3 Å². The lowest BCUT2D eigenvalue weighted by Crippen LogP contribution is -2.35. The zero-order valence-corrected chi connectivity index (χ0v) is 34.9. The van der Waals surface area contributed by atoms with Gasteiger partial charge in [0.2, 0.25) is 0 Å². The van der Waals surface area contributed by atoms with Crippen molar-refractivity contribution in [3.63, 3.8) is 0 Å². The van der Waals surface area contributed by atoms with Crippen molar-refractivity contribution in [2.75, 3.05) is 39.4 Å². The van der Waals surface area contributed by atoms with Crippen molar-refractivity contribution in [1.29, 1.82) is 0 Å². The average molecular weight is 807 g/mol. The second kappa shape index (κ2) is 15.8. The van der Waals surface area contributed by atoms with Crippen LogP contribution >= 0.6 is 0 Å². The lowest BCUT2D eigenvalue weighted by atomic mass is 9.76. The van der Waals surface area contributed by atoms with E-state index < -0.39 is 17.7 Å². The first-order chi connectivity index (χ1) is 28.9. The fourth-order valence-corrected chi connectivity index (χ4v) is 9.23. The Hall–Kier alpha value is -6.68. The summed E-state index contributed by atoms with van der Waals surface area (Å²) < 4.78 is 35.8. The molecule has 0 saturated carbocycles. The molecule has 1 fully saturated rings. The summed E-state index contributed by atoms with van der Waals surface area (Å²) in [4.78, 5) is 26.4. The molecule has 1 saturated heterocycles. The molecule has 308 valence electrons. The number of anilines is 1. The van der Waals surface area contributed by atoms with Crippen molar-refractivity contribution >= 4 is 34.6 Å². The van der Waals surface area contributed by atoms with Gasteiger partial charge in [-0.1, -0.05) is 75.0 Å². The zero-order chi connectivity index (χ0) is 42.3. The second-order valence-corrected chi connectivity index (χ2v) is 16.0. The zero-order valence-electron chi connectivity index (χ0n) is 34.9. The van der Waals surface area contributed by atoms with Crippen LogP contribution in [0.4, 0.5) is 10.5 Å². The first kappa shape index (κ1) is 40.1. The number of primary amides is 1.